The maximum atomic E-state index is 10.9. The van der Waals surface area contributed by atoms with E-state index in [0.29, 0.717) is 0 Å². The molecule has 1 aromatic rings. The summed E-state index contributed by atoms with van der Waals surface area (Å²) in [5.41, 5.74) is 1.01. The molecule has 0 atom stereocenters. The van der Waals surface area contributed by atoms with Gasteiger partial charge in [0.05, 0.1) is 7.11 Å². The lowest BCUT2D eigenvalue weighted by molar-refractivity contribution is -0.145. The average Bonchev–Trinajstić information content (AvgIpc) is 2.91. The second-order valence-electron chi connectivity index (χ2n) is 4.13. The molecule has 1 N–H and O–H groups in total. The first kappa shape index (κ1) is 13.9. The van der Waals surface area contributed by atoms with E-state index in [0.717, 1.165) is 24.5 Å². The lowest BCUT2D eigenvalue weighted by Crippen LogP contribution is -2.22. The standard InChI is InChI=1S/C14H17N3O3/c1-19-14(18)10-20-15-11-17-9-5-8-13(17)16-12-6-3-2-4-7-12/h2-4,6-8,11,16H,5,9-10H2,1H3. The van der Waals surface area contributed by atoms with Crippen molar-refractivity contribution in [3.8, 4) is 0 Å². The number of benzene rings is 1. The first-order valence-corrected chi connectivity index (χ1v) is 6.31. The van der Waals surface area contributed by atoms with E-state index in [1.165, 1.54) is 7.11 Å². The fourth-order valence-corrected chi connectivity index (χ4v) is 1.73. The Morgan fingerprint density at radius 2 is 2.25 bits per heavy atom. The monoisotopic (exact) mass is 275 g/mol. The zero-order valence-corrected chi connectivity index (χ0v) is 11.3. The van der Waals surface area contributed by atoms with Crippen molar-refractivity contribution in [2.75, 3.05) is 25.6 Å². The molecule has 2 rings (SSSR count). The fraction of sp³-hybridized carbons (Fsp3) is 0.286. The van der Waals surface area contributed by atoms with E-state index < -0.39 is 5.97 Å². The van der Waals surface area contributed by atoms with Gasteiger partial charge in [0.25, 0.3) is 0 Å². The van der Waals surface area contributed by atoms with E-state index in [9.17, 15) is 4.79 Å². The van der Waals surface area contributed by atoms with Crippen LogP contribution in [0.2, 0.25) is 0 Å². The molecule has 20 heavy (non-hydrogen) atoms. The van der Waals surface area contributed by atoms with Crippen LogP contribution in [0.5, 0.6) is 0 Å². The average molecular weight is 275 g/mol. The highest BCUT2D eigenvalue weighted by Gasteiger charge is 2.13. The molecular weight excluding hydrogens is 258 g/mol. The molecule has 0 saturated carbocycles. The summed E-state index contributed by atoms with van der Waals surface area (Å²) in [4.78, 5) is 17.6. The number of carbonyl (C=O) groups excluding carboxylic acids is 1. The Hall–Kier alpha value is -2.50. The third-order valence-electron chi connectivity index (χ3n) is 2.73. The molecule has 0 saturated heterocycles. The van der Waals surface area contributed by atoms with Crippen LogP contribution >= 0.6 is 0 Å². The van der Waals surface area contributed by atoms with Crippen molar-refractivity contribution in [2.24, 2.45) is 5.16 Å². The zero-order valence-electron chi connectivity index (χ0n) is 11.3. The molecule has 0 amide bonds. The highest BCUT2D eigenvalue weighted by Crippen LogP contribution is 2.16. The molecule has 1 aliphatic heterocycles. The maximum absolute atomic E-state index is 10.9. The molecule has 0 fully saturated rings. The Balaban J connectivity index is 1.84. The number of esters is 1. The van der Waals surface area contributed by atoms with Gasteiger partial charge in [0.2, 0.25) is 6.61 Å². The van der Waals surface area contributed by atoms with Crippen molar-refractivity contribution in [1.29, 1.82) is 0 Å². The van der Waals surface area contributed by atoms with E-state index in [4.69, 9.17) is 4.84 Å². The molecule has 0 aromatic heterocycles. The number of hydrogen-bond donors (Lipinski definition) is 1. The number of nitrogens with zero attached hydrogens (tertiary/aromatic N) is 2. The van der Waals surface area contributed by atoms with Gasteiger partial charge in [0, 0.05) is 12.2 Å². The number of methoxy groups -OCH3 is 1. The first-order chi connectivity index (χ1) is 9.79. The summed E-state index contributed by atoms with van der Waals surface area (Å²) in [6.07, 6.45) is 4.56. The van der Waals surface area contributed by atoms with E-state index in [1.54, 1.807) is 6.34 Å². The summed E-state index contributed by atoms with van der Waals surface area (Å²) in [7, 11) is 1.31. The van der Waals surface area contributed by atoms with Gasteiger partial charge in [-0.3, -0.25) is 0 Å². The second kappa shape index (κ2) is 7.18. The third kappa shape index (κ3) is 4.01. The smallest absolute Gasteiger partial charge is 0.346 e. The highest BCUT2D eigenvalue weighted by atomic mass is 16.6. The molecule has 106 valence electrons. The molecule has 0 aliphatic carbocycles. The van der Waals surface area contributed by atoms with Crippen LogP contribution in [0.3, 0.4) is 0 Å². The van der Waals surface area contributed by atoms with Crippen LogP contribution in [0, 0.1) is 0 Å². The molecule has 0 radical (unpaired) electrons. The number of anilines is 1. The van der Waals surface area contributed by atoms with Gasteiger partial charge in [0.1, 0.15) is 12.2 Å². The minimum atomic E-state index is -0.457. The Labute approximate surface area is 117 Å². The number of hydrogen-bond acceptors (Lipinski definition) is 5. The van der Waals surface area contributed by atoms with Crippen molar-refractivity contribution in [1.82, 2.24) is 4.90 Å². The molecule has 0 spiro atoms. The summed E-state index contributed by atoms with van der Waals surface area (Å²) in [5, 5.41) is 7.05. The number of rotatable bonds is 6. The lowest BCUT2D eigenvalue weighted by atomic mass is 10.3. The molecule has 1 aromatic carbocycles. The zero-order chi connectivity index (χ0) is 14.2. The third-order valence-corrected chi connectivity index (χ3v) is 2.73. The maximum Gasteiger partial charge on any atom is 0.346 e. The van der Waals surface area contributed by atoms with E-state index >= 15 is 0 Å². The number of oxime groups is 1. The van der Waals surface area contributed by atoms with Gasteiger partial charge in [-0.1, -0.05) is 23.4 Å². The van der Waals surface area contributed by atoms with Crippen molar-refractivity contribution >= 4 is 18.0 Å². The van der Waals surface area contributed by atoms with Gasteiger partial charge < -0.3 is 19.8 Å². The number of para-hydroxylation sites is 1. The molecule has 0 unspecified atom stereocenters. The van der Waals surface area contributed by atoms with Crippen LogP contribution in [0.4, 0.5) is 5.69 Å². The van der Waals surface area contributed by atoms with Gasteiger partial charge in [-0.25, -0.2) is 4.79 Å². The Morgan fingerprint density at radius 3 is 3.00 bits per heavy atom. The summed E-state index contributed by atoms with van der Waals surface area (Å²) in [5.74, 6) is 0.489. The lowest BCUT2D eigenvalue weighted by Gasteiger charge is -2.17. The highest BCUT2D eigenvalue weighted by molar-refractivity contribution is 5.70. The van der Waals surface area contributed by atoms with Crippen LogP contribution in [-0.4, -0.2) is 37.5 Å². The van der Waals surface area contributed by atoms with Crippen LogP contribution in [-0.2, 0) is 14.4 Å². The van der Waals surface area contributed by atoms with Gasteiger partial charge in [-0.05, 0) is 24.6 Å². The van der Waals surface area contributed by atoms with Crippen LogP contribution in [0.25, 0.3) is 0 Å². The predicted molar refractivity (Wildman–Crippen MR) is 75.9 cm³/mol. The van der Waals surface area contributed by atoms with Crippen LogP contribution < -0.4 is 5.32 Å². The molecule has 1 aliphatic rings. The summed E-state index contributed by atoms with van der Waals surface area (Å²) in [6.45, 7) is 0.631. The topological polar surface area (TPSA) is 63.2 Å². The molecule has 6 heteroatoms. The van der Waals surface area contributed by atoms with E-state index in [1.807, 2.05) is 35.2 Å². The SMILES string of the molecule is COC(=O)CON=CN1CCC=C1Nc1ccccc1. The second-order valence-corrected chi connectivity index (χ2v) is 4.13. The fourth-order valence-electron chi connectivity index (χ4n) is 1.73. The van der Waals surface area contributed by atoms with Crippen molar-refractivity contribution < 1.29 is 14.4 Å². The Kier molecular flexibility index (Phi) is 5.00. The van der Waals surface area contributed by atoms with E-state index in [2.05, 4.69) is 21.3 Å². The van der Waals surface area contributed by atoms with Crippen LogP contribution in [0.1, 0.15) is 6.42 Å². The molecule has 0 bridgehead atoms. The molecular formula is C14H17N3O3. The van der Waals surface area contributed by atoms with Crippen LogP contribution in [0.15, 0.2) is 47.4 Å². The predicted octanol–water partition coefficient (Wildman–Crippen LogP) is 1.78. The van der Waals surface area contributed by atoms with Crippen molar-refractivity contribution in [3.63, 3.8) is 0 Å². The Bertz CT molecular complexity index is 500. The molecule has 1 heterocycles. The van der Waals surface area contributed by atoms with Crippen molar-refractivity contribution in [2.45, 2.75) is 6.42 Å². The van der Waals surface area contributed by atoms with Gasteiger partial charge in [-0.2, -0.15) is 0 Å². The normalized spacial score (nSPS) is 14.2. The molecule has 6 nitrogen and oxygen atoms in total. The van der Waals surface area contributed by atoms with Gasteiger partial charge in [0.15, 0.2) is 0 Å². The Morgan fingerprint density at radius 1 is 1.45 bits per heavy atom. The van der Waals surface area contributed by atoms with E-state index in [-0.39, 0.29) is 6.61 Å². The first-order valence-electron chi connectivity index (χ1n) is 6.31. The number of nitrogens with one attached hydrogen (secondary N) is 1. The summed E-state index contributed by atoms with van der Waals surface area (Å²) in [6, 6.07) is 9.88. The minimum absolute atomic E-state index is 0.188. The largest absolute Gasteiger partial charge is 0.466 e. The summed E-state index contributed by atoms with van der Waals surface area (Å²) < 4.78 is 4.45. The number of ether oxygens (including phenoxy) is 1. The minimum Gasteiger partial charge on any atom is -0.466 e. The van der Waals surface area contributed by atoms with Gasteiger partial charge >= 0.3 is 5.97 Å². The van der Waals surface area contributed by atoms with Crippen molar-refractivity contribution in [3.05, 3.63) is 42.2 Å². The van der Waals surface area contributed by atoms with Gasteiger partial charge in [-0.15, -0.1) is 0 Å². The summed E-state index contributed by atoms with van der Waals surface area (Å²) >= 11 is 0. The quantitative estimate of drug-likeness (QED) is 0.371. The number of carbonyl (C=O) groups is 1.